The van der Waals surface area contributed by atoms with Crippen LogP contribution in [0.2, 0.25) is 0 Å². The summed E-state index contributed by atoms with van der Waals surface area (Å²) in [5.41, 5.74) is 0.791. The molecule has 0 aliphatic carbocycles. The molecular formula is C13H14O2S. The zero-order valence-corrected chi connectivity index (χ0v) is 10.2. The van der Waals surface area contributed by atoms with Crippen molar-refractivity contribution in [2.24, 2.45) is 0 Å². The molecule has 0 bridgehead atoms. The van der Waals surface area contributed by atoms with Crippen molar-refractivity contribution in [1.82, 2.24) is 0 Å². The lowest BCUT2D eigenvalue weighted by Gasteiger charge is -2.03. The number of hydrogen-bond acceptors (Lipinski definition) is 2. The van der Waals surface area contributed by atoms with Crippen LogP contribution in [-0.4, -0.2) is 8.42 Å². The van der Waals surface area contributed by atoms with E-state index in [0.717, 1.165) is 5.56 Å². The lowest BCUT2D eigenvalue weighted by atomic mass is 10.2. The van der Waals surface area contributed by atoms with E-state index in [2.05, 4.69) is 11.8 Å². The highest BCUT2D eigenvalue weighted by molar-refractivity contribution is 7.94. The third-order valence-corrected chi connectivity index (χ3v) is 3.92. The topological polar surface area (TPSA) is 34.1 Å². The first-order chi connectivity index (χ1) is 7.56. The Morgan fingerprint density at radius 2 is 1.94 bits per heavy atom. The standard InChI is InChI=1S/C13H14O2S/c1-3-4-8-12(2)16(14,15)11-13-9-6-5-7-10-13/h5-10H,11H2,1-2H3/b12-8+. The highest BCUT2D eigenvalue weighted by atomic mass is 32.2. The van der Waals surface area contributed by atoms with Crippen LogP contribution in [0.3, 0.4) is 0 Å². The Bertz CT molecular complexity index is 528. The normalized spacial score (nSPS) is 11.8. The molecule has 1 rings (SSSR count). The van der Waals surface area contributed by atoms with E-state index in [1.807, 2.05) is 18.2 Å². The summed E-state index contributed by atoms with van der Waals surface area (Å²) in [6.07, 6.45) is 1.44. The molecule has 0 saturated heterocycles. The Morgan fingerprint density at radius 3 is 2.50 bits per heavy atom. The van der Waals surface area contributed by atoms with Gasteiger partial charge in [-0.2, -0.15) is 0 Å². The number of allylic oxidation sites excluding steroid dienone is 2. The van der Waals surface area contributed by atoms with E-state index in [1.54, 1.807) is 26.0 Å². The van der Waals surface area contributed by atoms with Crippen molar-refractivity contribution in [3.63, 3.8) is 0 Å². The van der Waals surface area contributed by atoms with E-state index >= 15 is 0 Å². The molecule has 0 atom stereocenters. The SMILES string of the molecule is CC#C/C=C(\C)S(=O)(=O)Cc1ccccc1. The van der Waals surface area contributed by atoms with Crippen LogP contribution in [0.4, 0.5) is 0 Å². The van der Waals surface area contributed by atoms with Crippen molar-refractivity contribution in [1.29, 1.82) is 0 Å². The van der Waals surface area contributed by atoms with Crippen molar-refractivity contribution < 1.29 is 8.42 Å². The summed E-state index contributed by atoms with van der Waals surface area (Å²) in [6.45, 7) is 3.25. The van der Waals surface area contributed by atoms with Gasteiger partial charge >= 0.3 is 0 Å². The molecule has 3 heteroatoms. The molecule has 16 heavy (non-hydrogen) atoms. The Labute approximate surface area is 96.9 Å². The highest BCUT2D eigenvalue weighted by Crippen LogP contribution is 2.13. The van der Waals surface area contributed by atoms with Gasteiger partial charge < -0.3 is 0 Å². The van der Waals surface area contributed by atoms with E-state index in [9.17, 15) is 8.42 Å². The van der Waals surface area contributed by atoms with Crippen molar-refractivity contribution in [2.45, 2.75) is 19.6 Å². The van der Waals surface area contributed by atoms with Gasteiger partial charge in [0, 0.05) is 11.0 Å². The fraction of sp³-hybridized carbons (Fsp3) is 0.231. The lowest BCUT2D eigenvalue weighted by molar-refractivity contribution is 0.601. The Kier molecular flexibility index (Phi) is 4.33. The van der Waals surface area contributed by atoms with Gasteiger partial charge in [0.1, 0.15) is 0 Å². The van der Waals surface area contributed by atoms with Crippen LogP contribution in [0.5, 0.6) is 0 Å². The molecule has 0 spiro atoms. The molecule has 0 aromatic heterocycles. The minimum Gasteiger partial charge on any atom is -0.224 e. The Balaban J connectivity index is 2.91. The fourth-order valence-corrected chi connectivity index (χ4v) is 2.27. The summed E-state index contributed by atoms with van der Waals surface area (Å²) in [5, 5.41) is 0. The minimum atomic E-state index is -3.23. The van der Waals surface area contributed by atoms with Crippen LogP contribution in [0.15, 0.2) is 41.3 Å². The first kappa shape index (κ1) is 12.5. The van der Waals surface area contributed by atoms with Crippen LogP contribution in [-0.2, 0) is 15.6 Å². The maximum atomic E-state index is 11.9. The van der Waals surface area contributed by atoms with Crippen molar-refractivity contribution in [3.8, 4) is 11.8 Å². The van der Waals surface area contributed by atoms with Gasteiger partial charge in [-0.25, -0.2) is 8.42 Å². The summed E-state index contributed by atoms with van der Waals surface area (Å²) in [6, 6.07) is 9.12. The van der Waals surface area contributed by atoms with Crippen LogP contribution < -0.4 is 0 Å². The third-order valence-electron chi connectivity index (χ3n) is 2.11. The number of rotatable bonds is 3. The molecule has 0 aliphatic heterocycles. The second-order valence-corrected chi connectivity index (χ2v) is 5.56. The first-order valence-corrected chi connectivity index (χ1v) is 6.57. The molecule has 1 aromatic rings. The summed E-state index contributed by atoms with van der Waals surface area (Å²) < 4.78 is 23.7. The molecule has 0 N–H and O–H groups in total. The monoisotopic (exact) mass is 234 g/mol. The molecular weight excluding hydrogens is 220 g/mol. The quantitative estimate of drug-likeness (QED) is 0.753. The zero-order chi connectivity index (χ0) is 12.0. The first-order valence-electron chi connectivity index (χ1n) is 4.92. The molecule has 0 fully saturated rings. The predicted molar refractivity (Wildman–Crippen MR) is 66.3 cm³/mol. The van der Waals surface area contributed by atoms with Crippen LogP contribution in [0.25, 0.3) is 0 Å². The zero-order valence-electron chi connectivity index (χ0n) is 9.40. The van der Waals surface area contributed by atoms with E-state index in [-0.39, 0.29) is 5.75 Å². The molecule has 0 amide bonds. The van der Waals surface area contributed by atoms with E-state index in [4.69, 9.17) is 0 Å². The second kappa shape index (κ2) is 5.53. The number of benzene rings is 1. The van der Waals surface area contributed by atoms with Gasteiger partial charge in [0.15, 0.2) is 9.84 Å². The van der Waals surface area contributed by atoms with E-state index in [1.165, 1.54) is 6.08 Å². The van der Waals surface area contributed by atoms with Gasteiger partial charge in [-0.15, -0.1) is 5.92 Å². The molecule has 0 aliphatic rings. The highest BCUT2D eigenvalue weighted by Gasteiger charge is 2.13. The van der Waals surface area contributed by atoms with Crippen LogP contribution >= 0.6 is 0 Å². The molecule has 0 heterocycles. The van der Waals surface area contributed by atoms with Gasteiger partial charge in [-0.1, -0.05) is 36.3 Å². The van der Waals surface area contributed by atoms with Crippen LogP contribution in [0.1, 0.15) is 19.4 Å². The molecule has 0 saturated carbocycles. The molecule has 84 valence electrons. The largest absolute Gasteiger partial charge is 0.224 e. The molecule has 0 unspecified atom stereocenters. The summed E-state index contributed by atoms with van der Waals surface area (Å²) in [5.74, 6) is 5.32. The second-order valence-electron chi connectivity index (χ2n) is 3.39. The van der Waals surface area contributed by atoms with Gasteiger partial charge in [0.25, 0.3) is 0 Å². The summed E-state index contributed by atoms with van der Waals surface area (Å²) in [7, 11) is -3.23. The van der Waals surface area contributed by atoms with Crippen molar-refractivity contribution >= 4 is 9.84 Å². The van der Waals surface area contributed by atoms with Gasteiger partial charge in [0.2, 0.25) is 0 Å². The Morgan fingerprint density at radius 1 is 1.31 bits per heavy atom. The van der Waals surface area contributed by atoms with Crippen LogP contribution in [0, 0.1) is 11.8 Å². The maximum Gasteiger partial charge on any atom is 0.179 e. The minimum absolute atomic E-state index is 0.0293. The van der Waals surface area contributed by atoms with Gasteiger partial charge in [-0.3, -0.25) is 0 Å². The number of hydrogen-bond donors (Lipinski definition) is 0. The maximum absolute atomic E-state index is 11.9. The van der Waals surface area contributed by atoms with Gasteiger partial charge in [-0.05, 0) is 19.4 Å². The number of sulfone groups is 1. The third kappa shape index (κ3) is 3.56. The average molecular weight is 234 g/mol. The smallest absolute Gasteiger partial charge is 0.179 e. The Hall–Kier alpha value is -1.53. The predicted octanol–water partition coefficient (Wildman–Crippen LogP) is 2.53. The fourth-order valence-electron chi connectivity index (χ4n) is 1.17. The summed E-state index contributed by atoms with van der Waals surface area (Å²) >= 11 is 0. The molecule has 1 aromatic carbocycles. The van der Waals surface area contributed by atoms with E-state index < -0.39 is 9.84 Å². The van der Waals surface area contributed by atoms with E-state index in [0.29, 0.717) is 4.91 Å². The average Bonchev–Trinajstić information content (AvgIpc) is 2.26. The molecule has 0 radical (unpaired) electrons. The molecule has 2 nitrogen and oxygen atoms in total. The van der Waals surface area contributed by atoms with Gasteiger partial charge in [0.05, 0.1) is 5.75 Å². The van der Waals surface area contributed by atoms with Crippen molar-refractivity contribution in [2.75, 3.05) is 0 Å². The summed E-state index contributed by atoms with van der Waals surface area (Å²) in [4.78, 5) is 0.311. The lowest BCUT2D eigenvalue weighted by Crippen LogP contribution is -2.05. The van der Waals surface area contributed by atoms with Crippen molar-refractivity contribution in [3.05, 3.63) is 46.9 Å².